The van der Waals surface area contributed by atoms with E-state index in [9.17, 15) is 4.79 Å². The number of rotatable bonds is 7. The number of piperidine rings is 2. The second-order valence-corrected chi connectivity index (χ2v) is 8.12. The number of aryl methyl sites for hydroxylation is 1. The van der Waals surface area contributed by atoms with Crippen LogP contribution in [0.1, 0.15) is 57.9 Å². The lowest BCUT2D eigenvalue weighted by atomic mass is 9.83. The Kier molecular flexibility index (Phi) is 6.95. The number of nitrogens with one attached hydrogen (secondary N) is 1. The normalized spacial score (nSPS) is 23.5. The van der Waals surface area contributed by atoms with E-state index in [1.165, 1.54) is 50.8 Å². The predicted molar refractivity (Wildman–Crippen MR) is 105 cm³/mol. The van der Waals surface area contributed by atoms with Gasteiger partial charge in [-0.2, -0.15) is 0 Å². The molecule has 4 nitrogen and oxygen atoms in total. The average molecular weight is 359 g/mol. The highest BCUT2D eigenvalue weighted by molar-refractivity contribution is 5.76. The number of benzene rings is 1. The fraction of sp³-hybridized carbons (Fsp3) is 0.682. The summed E-state index contributed by atoms with van der Waals surface area (Å²) in [4.78, 5) is 14.9. The third-order valence-corrected chi connectivity index (χ3v) is 5.73. The van der Waals surface area contributed by atoms with E-state index < -0.39 is 0 Å². The number of carbonyl (C=O) groups is 1. The van der Waals surface area contributed by atoms with Gasteiger partial charge in [-0.1, -0.05) is 18.6 Å². The van der Waals surface area contributed by atoms with Crippen molar-refractivity contribution in [1.82, 2.24) is 10.2 Å². The van der Waals surface area contributed by atoms with Crippen LogP contribution in [0, 0.1) is 5.92 Å². The van der Waals surface area contributed by atoms with Gasteiger partial charge in [-0.05, 0) is 82.7 Å². The number of nitrogens with zero attached hydrogens (tertiary/aromatic N) is 1. The molecular weight excluding hydrogens is 324 g/mol. The molecule has 2 aliphatic rings. The number of hydrogen-bond donors (Lipinski definition) is 1. The molecule has 1 aromatic rings. The fourth-order valence-electron chi connectivity index (χ4n) is 4.41. The van der Waals surface area contributed by atoms with E-state index in [0.717, 1.165) is 18.7 Å². The van der Waals surface area contributed by atoms with E-state index in [1.54, 1.807) is 0 Å². The summed E-state index contributed by atoms with van der Waals surface area (Å²) in [5.74, 6) is 1.71. The van der Waals surface area contributed by atoms with E-state index in [1.807, 2.05) is 26.0 Å². The van der Waals surface area contributed by atoms with Crippen LogP contribution in [-0.4, -0.2) is 42.6 Å². The first-order valence-electron chi connectivity index (χ1n) is 10.4. The number of carbonyl (C=O) groups excluding carboxylic acids is 1. The first-order valence-corrected chi connectivity index (χ1v) is 10.4. The summed E-state index contributed by atoms with van der Waals surface area (Å²) in [6.07, 6.45) is 8.08. The second kappa shape index (κ2) is 9.40. The van der Waals surface area contributed by atoms with Crippen LogP contribution >= 0.6 is 0 Å². The number of ether oxygens (including phenoxy) is 1. The van der Waals surface area contributed by atoms with Gasteiger partial charge >= 0.3 is 0 Å². The van der Waals surface area contributed by atoms with Gasteiger partial charge in [0.25, 0.3) is 0 Å². The fourth-order valence-corrected chi connectivity index (χ4v) is 4.41. The molecule has 0 saturated carbocycles. The topological polar surface area (TPSA) is 41.6 Å². The van der Waals surface area contributed by atoms with Crippen LogP contribution in [0.15, 0.2) is 24.3 Å². The van der Waals surface area contributed by atoms with Crippen molar-refractivity contribution in [3.63, 3.8) is 0 Å². The van der Waals surface area contributed by atoms with Crippen molar-refractivity contribution in [3.8, 4) is 5.75 Å². The number of amides is 1. The lowest BCUT2D eigenvalue weighted by molar-refractivity contribution is -0.121. The SMILES string of the molecule is CC(C)Oc1ccc(CCC(=O)NCC2CCCN3CCCCC23)cc1. The smallest absolute Gasteiger partial charge is 0.220 e. The maximum atomic E-state index is 12.3. The zero-order valence-corrected chi connectivity index (χ0v) is 16.4. The molecule has 1 amide bonds. The minimum Gasteiger partial charge on any atom is -0.491 e. The summed E-state index contributed by atoms with van der Waals surface area (Å²) >= 11 is 0. The third-order valence-electron chi connectivity index (χ3n) is 5.73. The summed E-state index contributed by atoms with van der Waals surface area (Å²) in [6.45, 7) is 7.41. The van der Waals surface area contributed by atoms with Crippen molar-refractivity contribution in [2.24, 2.45) is 5.92 Å². The molecular formula is C22H34N2O2. The number of hydrogen-bond acceptors (Lipinski definition) is 3. The zero-order valence-electron chi connectivity index (χ0n) is 16.4. The molecule has 1 aromatic carbocycles. The molecule has 2 aliphatic heterocycles. The monoisotopic (exact) mass is 358 g/mol. The van der Waals surface area contributed by atoms with Crippen LogP contribution in [0.4, 0.5) is 0 Å². The second-order valence-electron chi connectivity index (χ2n) is 8.12. The third kappa shape index (κ3) is 5.47. The van der Waals surface area contributed by atoms with Crippen LogP contribution in [0.5, 0.6) is 5.75 Å². The van der Waals surface area contributed by atoms with E-state index in [2.05, 4.69) is 22.3 Å². The lowest BCUT2D eigenvalue weighted by Gasteiger charge is -2.44. The Morgan fingerprint density at radius 1 is 1.15 bits per heavy atom. The van der Waals surface area contributed by atoms with Crippen molar-refractivity contribution in [1.29, 1.82) is 0 Å². The molecule has 4 heteroatoms. The van der Waals surface area contributed by atoms with Crippen LogP contribution < -0.4 is 10.1 Å². The van der Waals surface area contributed by atoms with Crippen LogP contribution in [0.25, 0.3) is 0 Å². The quantitative estimate of drug-likeness (QED) is 0.806. The van der Waals surface area contributed by atoms with Crippen LogP contribution in [0.3, 0.4) is 0 Å². The van der Waals surface area contributed by atoms with Gasteiger partial charge in [0.2, 0.25) is 5.91 Å². The summed E-state index contributed by atoms with van der Waals surface area (Å²) < 4.78 is 5.66. The molecule has 2 atom stereocenters. The Morgan fingerprint density at radius 3 is 2.69 bits per heavy atom. The van der Waals surface area contributed by atoms with Gasteiger partial charge in [0.05, 0.1) is 6.10 Å². The molecule has 1 N–H and O–H groups in total. The summed E-state index contributed by atoms with van der Waals surface area (Å²) in [5.41, 5.74) is 1.19. The van der Waals surface area contributed by atoms with Crippen LogP contribution in [0.2, 0.25) is 0 Å². The predicted octanol–water partition coefficient (Wildman–Crippen LogP) is 3.79. The lowest BCUT2D eigenvalue weighted by Crippen LogP contribution is -2.51. The standard InChI is InChI=1S/C22H34N2O2/c1-17(2)26-20-11-8-18(9-12-20)10-13-22(25)23-16-19-6-5-15-24-14-4-3-7-21(19)24/h8-9,11-12,17,19,21H,3-7,10,13-16H2,1-2H3,(H,23,25). The molecule has 3 rings (SSSR count). The summed E-state index contributed by atoms with van der Waals surface area (Å²) in [6, 6.07) is 8.81. The maximum Gasteiger partial charge on any atom is 0.220 e. The number of fused-ring (bicyclic) bond motifs is 1. The highest BCUT2D eigenvalue weighted by Gasteiger charge is 2.32. The molecule has 26 heavy (non-hydrogen) atoms. The van der Waals surface area contributed by atoms with Crippen molar-refractivity contribution in [3.05, 3.63) is 29.8 Å². The van der Waals surface area contributed by atoms with Gasteiger partial charge in [0.1, 0.15) is 5.75 Å². The molecule has 0 aromatic heterocycles. The average Bonchev–Trinajstić information content (AvgIpc) is 2.65. The zero-order chi connectivity index (χ0) is 18.4. The van der Waals surface area contributed by atoms with Gasteiger partial charge in [-0.3, -0.25) is 4.79 Å². The molecule has 2 unspecified atom stereocenters. The molecule has 144 valence electrons. The molecule has 0 aliphatic carbocycles. The van der Waals surface area contributed by atoms with Crippen molar-refractivity contribution >= 4 is 5.91 Å². The highest BCUT2D eigenvalue weighted by Crippen LogP contribution is 2.30. The van der Waals surface area contributed by atoms with Gasteiger partial charge < -0.3 is 15.0 Å². The molecule has 2 fully saturated rings. The molecule has 2 saturated heterocycles. The van der Waals surface area contributed by atoms with Crippen molar-refractivity contribution < 1.29 is 9.53 Å². The van der Waals surface area contributed by atoms with Gasteiger partial charge in [-0.25, -0.2) is 0 Å². The van der Waals surface area contributed by atoms with Gasteiger partial charge in [0.15, 0.2) is 0 Å². The largest absolute Gasteiger partial charge is 0.491 e. The van der Waals surface area contributed by atoms with Crippen molar-refractivity contribution in [2.75, 3.05) is 19.6 Å². The van der Waals surface area contributed by atoms with E-state index in [-0.39, 0.29) is 12.0 Å². The molecule has 2 heterocycles. The molecule has 0 radical (unpaired) electrons. The Balaban J connectivity index is 1.40. The van der Waals surface area contributed by atoms with E-state index in [4.69, 9.17) is 4.74 Å². The summed E-state index contributed by atoms with van der Waals surface area (Å²) in [7, 11) is 0. The summed E-state index contributed by atoms with van der Waals surface area (Å²) in [5, 5.41) is 3.20. The Bertz CT molecular complexity index is 568. The Labute approximate surface area is 158 Å². The van der Waals surface area contributed by atoms with Crippen molar-refractivity contribution in [2.45, 2.75) is 70.9 Å². The first-order chi connectivity index (χ1) is 12.6. The maximum absolute atomic E-state index is 12.3. The van der Waals surface area contributed by atoms with Gasteiger partial charge in [-0.15, -0.1) is 0 Å². The Morgan fingerprint density at radius 2 is 1.92 bits per heavy atom. The minimum atomic E-state index is 0.181. The van der Waals surface area contributed by atoms with E-state index in [0.29, 0.717) is 18.4 Å². The Hall–Kier alpha value is -1.55. The van der Waals surface area contributed by atoms with Crippen LogP contribution in [-0.2, 0) is 11.2 Å². The molecule has 0 spiro atoms. The van der Waals surface area contributed by atoms with E-state index >= 15 is 0 Å². The first kappa shape index (κ1) is 19.2. The van der Waals surface area contributed by atoms with Gasteiger partial charge in [0, 0.05) is 19.0 Å². The highest BCUT2D eigenvalue weighted by atomic mass is 16.5. The molecule has 0 bridgehead atoms. The minimum absolute atomic E-state index is 0.181.